The van der Waals surface area contributed by atoms with Crippen LogP contribution in [0.15, 0.2) is 34.3 Å². The second-order valence-corrected chi connectivity index (χ2v) is 7.51. The number of carbonyl (C=O) groups excluding carboxylic acids is 3. The van der Waals surface area contributed by atoms with E-state index in [4.69, 9.17) is 0 Å². The third-order valence-corrected chi connectivity index (χ3v) is 5.55. The van der Waals surface area contributed by atoms with Gasteiger partial charge in [-0.1, -0.05) is 30.0 Å². The number of aryl methyl sites for hydroxylation is 1. The Morgan fingerprint density at radius 1 is 1.36 bits per heavy atom. The van der Waals surface area contributed by atoms with Crippen molar-refractivity contribution in [2.24, 2.45) is 7.05 Å². The van der Waals surface area contributed by atoms with Crippen molar-refractivity contribution in [2.75, 3.05) is 18.8 Å². The second kappa shape index (κ2) is 8.97. The SMILES string of the molecule is Cn1nnnc1SCC(=O)NCCN1C(=O)S/C(=C\c2ccccc2F)C1=O. The first-order chi connectivity index (χ1) is 13.5. The van der Waals surface area contributed by atoms with Crippen molar-refractivity contribution < 1.29 is 18.8 Å². The van der Waals surface area contributed by atoms with E-state index in [1.807, 2.05) is 0 Å². The van der Waals surface area contributed by atoms with Crippen molar-refractivity contribution in [2.45, 2.75) is 5.16 Å². The van der Waals surface area contributed by atoms with Crippen molar-refractivity contribution in [3.63, 3.8) is 0 Å². The molecule has 146 valence electrons. The topological polar surface area (TPSA) is 110 Å². The molecule has 12 heteroatoms. The third kappa shape index (κ3) is 4.75. The first-order valence-electron chi connectivity index (χ1n) is 8.07. The van der Waals surface area contributed by atoms with E-state index in [1.165, 1.54) is 34.7 Å². The predicted octanol–water partition coefficient (Wildman–Crippen LogP) is 1.29. The average Bonchev–Trinajstić information content (AvgIpc) is 3.19. The van der Waals surface area contributed by atoms with E-state index in [-0.39, 0.29) is 35.2 Å². The Morgan fingerprint density at radius 2 is 2.14 bits per heavy atom. The Kier molecular flexibility index (Phi) is 6.41. The minimum Gasteiger partial charge on any atom is -0.354 e. The van der Waals surface area contributed by atoms with E-state index >= 15 is 0 Å². The maximum Gasteiger partial charge on any atom is 0.293 e. The van der Waals surface area contributed by atoms with Crippen LogP contribution in [0.3, 0.4) is 0 Å². The molecule has 1 saturated heterocycles. The molecule has 3 amide bonds. The van der Waals surface area contributed by atoms with Crippen LogP contribution in [0.2, 0.25) is 0 Å². The molecule has 0 radical (unpaired) electrons. The summed E-state index contributed by atoms with van der Waals surface area (Å²) in [7, 11) is 1.66. The summed E-state index contributed by atoms with van der Waals surface area (Å²) in [4.78, 5) is 37.5. The Hall–Kier alpha value is -2.73. The summed E-state index contributed by atoms with van der Waals surface area (Å²) in [6.45, 7) is 0.142. The molecule has 2 aromatic rings. The van der Waals surface area contributed by atoms with Crippen LogP contribution in [-0.4, -0.2) is 61.0 Å². The molecule has 28 heavy (non-hydrogen) atoms. The van der Waals surface area contributed by atoms with Crippen LogP contribution < -0.4 is 5.32 Å². The fraction of sp³-hybridized carbons (Fsp3) is 0.250. The van der Waals surface area contributed by atoms with Crippen molar-refractivity contribution in [1.82, 2.24) is 30.4 Å². The number of aromatic nitrogens is 4. The molecular weight excluding hydrogens is 407 g/mol. The van der Waals surface area contributed by atoms with Crippen molar-refractivity contribution in [3.8, 4) is 0 Å². The van der Waals surface area contributed by atoms with Gasteiger partial charge in [0.2, 0.25) is 11.1 Å². The number of tetrazole rings is 1. The summed E-state index contributed by atoms with van der Waals surface area (Å²) in [6, 6.07) is 5.98. The van der Waals surface area contributed by atoms with Crippen LogP contribution >= 0.6 is 23.5 Å². The van der Waals surface area contributed by atoms with Gasteiger partial charge in [0.05, 0.1) is 10.7 Å². The number of hydrogen-bond donors (Lipinski definition) is 1. The van der Waals surface area contributed by atoms with E-state index < -0.39 is 17.0 Å². The van der Waals surface area contributed by atoms with Crippen molar-refractivity contribution in [1.29, 1.82) is 0 Å². The van der Waals surface area contributed by atoms with Gasteiger partial charge in [0.15, 0.2) is 0 Å². The zero-order valence-corrected chi connectivity index (χ0v) is 16.3. The monoisotopic (exact) mass is 422 g/mol. The maximum atomic E-state index is 13.7. The molecule has 0 atom stereocenters. The lowest BCUT2D eigenvalue weighted by molar-refractivity contribution is -0.123. The van der Waals surface area contributed by atoms with Crippen LogP contribution in [-0.2, 0) is 16.6 Å². The van der Waals surface area contributed by atoms with Crippen LogP contribution in [0, 0.1) is 5.82 Å². The van der Waals surface area contributed by atoms with Gasteiger partial charge >= 0.3 is 0 Å². The first kappa shape index (κ1) is 20.0. The molecule has 0 unspecified atom stereocenters. The quantitative estimate of drug-likeness (QED) is 0.525. The lowest BCUT2D eigenvalue weighted by Crippen LogP contribution is -2.37. The molecule has 1 fully saturated rings. The number of hydrogen-bond acceptors (Lipinski definition) is 8. The lowest BCUT2D eigenvalue weighted by atomic mass is 10.2. The largest absolute Gasteiger partial charge is 0.354 e. The molecule has 1 aromatic carbocycles. The molecular formula is C16H15FN6O3S2. The molecule has 3 rings (SSSR count). The summed E-state index contributed by atoms with van der Waals surface area (Å²) >= 11 is 1.91. The first-order valence-corrected chi connectivity index (χ1v) is 9.87. The van der Waals surface area contributed by atoms with Crippen LogP contribution in [0.1, 0.15) is 5.56 Å². The highest BCUT2D eigenvalue weighted by Gasteiger charge is 2.34. The number of thioether (sulfide) groups is 2. The average molecular weight is 422 g/mol. The molecule has 0 saturated carbocycles. The number of nitrogens with one attached hydrogen (secondary N) is 1. The third-order valence-electron chi connectivity index (χ3n) is 3.64. The summed E-state index contributed by atoms with van der Waals surface area (Å²) < 4.78 is 15.2. The Bertz CT molecular complexity index is 948. The molecule has 9 nitrogen and oxygen atoms in total. The van der Waals surface area contributed by atoms with Crippen LogP contribution in [0.5, 0.6) is 0 Å². The Balaban J connectivity index is 1.50. The molecule has 2 heterocycles. The molecule has 0 bridgehead atoms. The Morgan fingerprint density at radius 3 is 2.86 bits per heavy atom. The van der Waals surface area contributed by atoms with E-state index in [2.05, 4.69) is 20.8 Å². The van der Waals surface area contributed by atoms with Gasteiger partial charge < -0.3 is 5.32 Å². The number of imide groups is 1. The van der Waals surface area contributed by atoms with Crippen molar-refractivity contribution in [3.05, 3.63) is 40.6 Å². The zero-order chi connectivity index (χ0) is 20.1. The molecule has 1 N–H and O–H groups in total. The fourth-order valence-electron chi connectivity index (χ4n) is 2.26. The smallest absolute Gasteiger partial charge is 0.293 e. The van der Waals surface area contributed by atoms with Gasteiger partial charge in [-0.15, -0.1) is 5.10 Å². The van der Waals surface area contributed by atoms with Gasteiger partial charge in [0.25, 0.3) is 11.1 Å². The summed E-state index contributed by atoms with van der Waals surface area (Å²) in [5.41, 5.74) is 0.233. The lowest BCUT2D eigenvalue weighted by Gasteiger charge is -2.12. The zero-order valence-electron chi connectivity index (χ0n) is 14.7. The standard InChI is InChI=1S/C16H15FN6O3S2/c1-22-15(19-20-21-22)27-9-13(24)18-6-7-23-14(25)12(28-16(23)26)8-10-4-2-3-5-11(10)17/h2-5,8H,6-7,9H2,1H3,(H,18,24)/b12-8-. The number of halogens is 1. The minimum absolute atomic E-state index is 0.0290. The number of rotatable bonds is 7. The normalized spacial score (nSPS) is 15.5. The highest BCUT2D eigenvalue weighted by Crippen LogP contribution is 2.32. The van der Waals surface area contributed by atoms with E-state index in [9.17, 15) is 18.8 Å². The van der Waals surface area contributed by atoms with Gasteiger partial charge in [0.1, 0.15) is 5.82 Å². The van der Waals surface area contributed by atoms with E-state index in [0.29, 0.717) is 5.16 Å². The molecule has 1 aliphatic heterocycles. The highest BCUT2D eigenvalue weighted by molar-refractivity contribution is 8.18. The second-order valence-electron chi connectivity index (χ2n) is 5.58. The van der Waals surface area contributed by atoms with Gasteiger partial charge in [0, 0.05) is 25.7 Å². The fourth-order valence-corrected chi connectivity index (χ4v) is 3.79. The number of benzene rings is 1. The molecule has 1 aromatic heterocycles. The van der Waals surface area contributed by atoms with Crippen LogP contribution in [0.4, 0.5) is 9.18 Å². The number of nitrogens with zero attached hydrogens (tertiary/aromatic N) is 5. The van der Waals surface area contributed by atoms with Crippen molar-refractivity contribution >= 4 is 46.7 Å². The molecule has 0 aliphatic carbocycles. The summed E-state index contributed by atoms with van der Waals surface area (Å²) in [5.74, 6) is -1.16. The summed E-state index contributed by atoms with van der Waals surface area (Å²) in [6.07, 6.45) is 1.35. The van der Waals surface area contributed by atoms with Gasteiger partial charge in [-0.05, 0) is 34.3 Å². The summed E-state index contributed by atoms with van der Waals surface area (Å²) in [5, 5.41) is 13.6. The Labute approximate surface area is 167 Å². The molecule has 1 aliphatic rings. The number of carbonyl (C=O) groups is 3. The van der Waals surface area contributed by atoms with Gasteiger partial charge in [-0.3, -0.25) is 19.3 Å². The minimum atomic E-state index is -0.507. The van der Waals surface area contributed by atoms with E-state index in [0.717, 1.165) is 16.7 Å². The highest BCUT2D eigenvalue weighted by atomic mass is 32.2. The molecule has 0 spiro atoms. The van der Waals surface area contributed by atoms with Gasteiger partial charge in [-0.2, -0.15) is 0 Å². The number of amides is 3. The van der Waals surface area contributed by atoms with E-state index in [1.54, 1.807) is 19.2 Å². The maximum absolute atomic E-state index is 13.7. The van der Waals surface area contributed by atoms with Crippen LogP contribution in [0.25, 0.3) is 6.08 Å². The predicted molar refractivity (Wildman–Crippen MR) is 102 cm³/mol. The van der Waals surface area contributed by atoms with Gasteiger partial charge in [-0.25, -0.2) is 9.07 Å².